The molecule has 2 aromatic carbocycles. The van der Waals surface area contributed by atoms with Gasteiger partial charge in [-0.25, -0.2) is 0 Å². The minimum Gasteiger partial charge on any atom is -0.349 e. The quantitative estimate of drug-likeness (QED) is 0.826. The summed E-state index contributed by atoms with van der Waals surface area (Å²) in [5, 5.41) is 4.51. The van der Waals surface area contributed by atoms with Crippen LogP contribution >= 0.6 is 34.8 Å². The number of hydrogen-bond acceptors (Lipinski definition) is 1. The first kappa shape index (κ1) is 16.2. The smallest absolute Gasteiger partial charge is 0.224 e. The third-order valence-corrected chi connectivity index (χ3v) is 4.05. The van der Waals surface area contributed by atoms with Gasteiger partial charge in [-0.3, -0.25) is 4.79 Å². The van der Waals surface area contributed by atoms with Crippen molar-refractivity contribution in [1.29, 1.82) is 0 Å². The number of hydrogen-bond donors (Lipinski definition) is 1. The molecule has 2 aromatic rings. The van der Waals surface area contributed by atoms with Gasteiger partial charge in [0.25, 0.3) is 0 Å². The first-order valence-electron chi connectivity index (χ1n) is 6.44. The van der Waals surface area contributed by atoms with Crippen molar-refractivity contribution < 1.29 is 4.79 Å². The number of carbonyl (C=O) groups is 1. The van der Waals surface area contributed by atoms with E-state index >= 15 is 0 Å². The van der Waals surface area contributed by atoms with E-state index in [1.165, 1.54) is 0 Å². The van der Waals surface area contributed by atoms with Crippen LogP contribution in [0.15, 0.2) is 42.5 Å². The number of amides is 1. The molecular formula is C16H14Cl3NO. The summed E-state index contributed by atoms with van der Waals surface area (Å²) in [7, 11) is 0. The Hall–Kier alpha value is -1.22. The van der Waals surface area contributed by atoms with E-state index in [0.717, 1.165) is 11.1 Å². The summed E-state index contributed by atoms with van der Waals surface area (Å²) in [5.41, 5.74) is 1.78. The zero-order valence-electron chi connectivity index (χ0n) is 11.4. The number of carbonyl (C=O) groups excluding carboxylic acids is 1. The highest BCUT2D eigenvalue weighted by molar-refractivity contribution is 6.42. The van der Waals surface area contributed by atoms with Crippen LogP contribution in [0.4, 0.5) is 0 Å². The molecule has 0 bridgehead atoms. The third kappa shape index (κ3) is 4.63. The lowest BCUT2D eigenvalue weighted by Gasteiger charge is -2.14. The maximum absolute atomic E-state index is 12.1. The van der Waals surface area contributed by atoms with Gasteiger partial charge in [0, 0.05) is 5.02 Å². The molecule has 0 saturated heterocycles. The van der Waals surface area contributed by atoms with Gasteiger partial charge in [-0.15, -0.1) is 0 Å². The van der Waals surface area contributed by atoms with Crippen LogP contribution in [-0.2, 0) is 11.2 Å². The molecule has 1 N–H and O–H groups in total. The molecule has 0 aliphatic rings. The summed E-state index contributed by atoms with van der Waals surface area (Å²) in [4.78, 5) is 12.1. The highest BCUT2D eigenvalue weighted by Gasteiger charge is 2.11. The van der Waals surface area contributed by atoms with Crippen molar-refractivity contribution in [3.63, 3.8) is 0 Å². The zero-order chi connectivity index (χ0) is 15.4. The molecule has 2 rings (SSSR count). The van der Waals surface area contributed by atoms with Crippen LogP contribution in [0.3, 0.4) is 0 Å². The van der Waals surface area contributed by atoms with Gasteiger partial charge in [0.15, 0.2) is 0 Å². The van der Waals surface area contributed by atoms with Gasteiger partial charge in [0.05, 0.1) is 22.5 Å². The maximum atomic E-state index is 12.1. The highest BCUT2D eigenvalue weighted by Crippen LogP contribution is 2.23. The molecule has 1 atom stereocenters. The monoisotopic (exact) mass is 341 g/mol. The van der Waals surface area contributed by atoms with Crippen LogP contribution in [0, 0.1) is 0 Å². The predicted molar refractivity (Wildman–Crippen MR) is 88.2 cm³/mol. The van der Waals surface area contributed by atoms with Crippen molar-refractivity contribution in [2.45, 2.75) is 19.4 Å². The molecule has 0 saturated carbocycles. The van der Waals surface area contributed by atoms with E-state index in [9.17, 15) is 4.79 Å². The van der Waals surface area contributed by atoms with Crippen LogP contribution in [0.2, 0.25) is 15.1 Å². The van der Waals surface area contributed by atoms with E-state index in [4.69, 9.17) is 34.8 Å². The summed E-state index contributed by atoms with van der Waals surface area (Å²) >= 11 is 17.7. The maximum Gasteiger partial charge on any atom is 0.224 e. The average molecular weight is 343 g/mol. The van der Waals surface area contributed by atoms with Crippen molar-refractivity contribution in [2.24, 2.45) is 0 Å². The van der Waals surface area contributed by atoms with Crippen LogP contribution in [0.5, 0.6) is 0 Å². The molecule has 0 aromatic heterocycles. The Morgan fingerprint density at radius 3 is 2.52 bits per heavy atom. The second-order valence-electron chi connectivity index (χ2n) is 4.77. The summed E-state index contributed by atoms with van der Waals surface area (Å²) in [6, 6.07) is 12.5. The summed E-state index contributed by atoms with van der Waals surface area (Å²) in [5.74, 6) is -0.0825. The first-order chi connectivity index (χ1) is 9.95. The van der Waals surface area contributed by atoms with Crippen molar-refractivity contribution in [2.75, 3.05) is 0 Å². The molecule has 110 valence electrons. The fraction of sp³-hybridized carbons (Fsp3) is 0.188. The Morgan fingerprint density at radius 1 is 1.10 bits per heavy atom. The van der Waals surface area contributed by atoms with Gasteiger partial charge < -0.3 is 5.32 Å². The lowest BCUT2D eigenvalue weighted by Crippen LogP contribution is -2.28. The molecule has 1 amide bonds. The number of halogens is 3. The molecule has 5 heteroatoms. The minimum atomic E-state index is -0.112. The van der Waals surface area contributed by atoms with Gasteiger partial charge in [-0.2, -0.15) is 0 Å². The molecule has 0 heterocycles. The SMILES string of the molecule is C[C@H](NC(=O)Cc1ccc(Cl)c(Cl)c1)c1cccc(Cl)c1. The molecule has 0 radical (unpaired) electrons. The molecular weight excluding hydrogens is 329 g/mol. The van der Waals surface area contributed by atoms with Gasteiger partial charge in [-0.1, -0.05) is 53.0 Å². The molecule has 0 fully saturated rings. The van der Waals surface area contributed by atoms with Gasteiger partial charge in [0.2, 0.25) is 5.91 Å². The van der Waals surface area contributed by atoms with Crippen LogP contribution < -0.4 is 5.32 Å². The molecule has 0 spiro atoms. The van der Waals surface area contributed by atoms with Crippen molar-refractivity contribution in [3.05, 3.63) is 68.7 Å². The fourth-order valence-corrected chi connectivity index (χ4v) is 2.51. The van der Waals surface area contributed by atoms with E-state index in [-0.39, 0.29) is 18.4 Å². The van der Waals surface area contributed by atoms with Crippen molar-refractivity contribution >= 4 is 40.7 Å². The van der Waals surface area contributed by atoms with E-state index in [2.05, 4.69) is 5.32 Å². The summed E-state index contributed by atoms with van der Waals surface area (Å²) in [6.07, 6.45) is 0.252. The first-order valence-corrected chi connectivity index (χ1v) is 7.58. The standard InChI is InChI=1S/C16H14Cl3NO/c1-10(12-3-2-4-13(17)9-12)20-16(21)8-11-5-6-14(18)15(19)7-11/h2-7,9-10H,8H2,1H3,(H,20,21)/t10-/m0/s1. The predicted octanol–water partition coefficient (Wildman–Crippen LogP) is 5.07. The Kier molecular flexibility index (Phi) is 5.51. The Morgan fingerprint density at radius 2 is 1.86 bits per heavy atom. The third-order valence-electron chi connectivity index (χ3n) is 3.07. The molecule has 2 nitrogen and oxygen atoms in total. The van der Waals surface area contributed by atoms with E-state index in [1.54, 1.807) is 24.3 Å². The summed E-state index contributed by atoms with van der Waals surface area (Å²) in [6.45, 7) is 1.92. The van der Waals surface area contributed by atoms with Crippen LogP contribution in [-0.4, -0.2) is 5.91 Å². The van der Waals surface area contributed by atoms with E-state index in [1.807, 2.05) is 25.1 Å². The normalized spacial score (nSPS) is 12.0. The Labute approximate surface area is 139 Å². The van der Waals surface area contributed by atoms with Crippen LogP contribution in [0.25, 0.3) is 0 Å². The van der Waals surface area contributed by atoms with E-state index in [0.29, 0.717) is 15.1 Å². The topological polar surface area (TPSA) is 29.1 Å². The number of benzene rings is 2. The lowest BCUT2D eigenvalue weighted by atomic mass is 10.1. The minimum absolute atomic E-state index is 0.0825. The zero-order valence-corrected chi connectivity index (χ0v) is 13.6. The molecule has 0 aliphatic carbocycles. The van der Waals surface area contributed by atoms with Gasteiger partial charge in [0.1, 0.15) is 0 Å². The molecule has 0 aliphatic heterocycles. The lowest BCUT2D eigenvalue weighted by molar-refractivity contribution is -0.121. The Bertz CT molecular complexity index is 658. The highest BCUT2D eigenvalue weighted by atomic mass is 35.5. The fourth-order valence-electron chi connectivity index (χ4n) is 1.99. The largest absolute Gasteiger partial charge is 0.349 e. The second-order valence-corrected chi connectivity index (χ2v) is 6.02. The molecule has 0 unspecified atom stereocenters. The van der Waals surface area contributed by atoms with E-state index < -0.39 is 0 Å². The van der Waals surface area contributed by atoms with Gasteiger partial charge in [-0.05, 0) is 42.3 Å². The molecule has 21 heavy (non-hydrogen) atoms. The Balaban J connectivity index is 1.99. The van der Waals surface area contributed by atoms with Crippen molar-refractivity contribution in [1.82, 2.24) is 5.32 Å². The van der Waals surface area contributed by atoms with Gasteiger partial charge >= 0.3 is 0 Å². The van der Waals surface area contributed by atoms with Crippen LogP contribution in [0.1, 0.15) is 24.1 Å². The number of nitrogens with one attached hydrogen (secondary N) is 1. The van der Waals surface area contributed by atoms with Crippen molar-refractivity contribution in [3.8, 4) is 0 Å². The second kappa shape index (κ2) is 7.17. The number of rotatable bonds is 4. The summed E-state index contributed by atoms with van der Waals surface area (Å²) < 4.78 is 0. The average Bonchev–Trinajstić information content (AvgIpc) is 2.43.